The maximum Gasteiger partial charge on any atom is 0.0545 e. The quantitative estimate of drug-likeness (QED) is 0.266. The highest BCUT2D eigenvalue weighted by Gasteiger charge is 2.13. The minimum absolute atomic E-state index is 1.16. The molecule has 0 saturated heterocycles. The van der Waals surface area contributed by atoms with Gasteiger partial charge < -0.3 is 9.97 Å². The molecule has 2 aromatic heterocycles. The van der Waals surface area contributed by atoms with Crippen LogP contribution in [0.15, 0.2) is 84.9 Å². The van der Waals surface area contributed by atoms with Gasteiger partial charge >= 0.3 is 0 Å². The van der Waals surface area contributed by atoms with Crippen LogP contribution in [0.3, 0.4) is 0 Å². The Balaban J connectivity index is 1.38. The summed E-state index contributed by atoms with van der Waals surface area (Å²) in [5, 5.41) is 7.65. The van der Waals surface area contributed by atoms with E-state index in [4.69, 9.17) is 0 Å². The third-order valence-corrected chi connectivity index (χ3v) is 7.60. The average Bonchev–Trinajstić information content (AvgIpc) is 3.45. The van der Waals surface area contributed by atoms with Crippen LogP contribution in [0.1, 0.15) is 30.9 Å². The predicted octanol–water partition coefficient (Wildman–Crippen LogP) is 9.43. The van der Waals surface area contributed by atoms with Gasteiger partial charge in [-0.05, 0) is 54.2 Å². The molecule has 0 amide bonds. The Morgan fingerprint density at radius 2 is 1.06 bits per heavy atom. The van der Waals surface area contributed by atoms with Gasteiger partial charge in [-0.1, -0.05) is 86.1 Å². The summed E-state index contributed by atoms with van der Waals surface area (Å²) in [6.07, 6.45) is 3.64. The zero-order chi connectivity index (χ0) is 23.5. The fourth-order valence-corrected chi connectivity index (χ4v) is 5.70. The van der Waals surface area contributed by atoms with Crippen LogP contribution >= 0.6 is 0 Å². The summed E-state index contributed by atoms with van der Waals surface area (Å²) in [6, 6.07) is 31.7. The zero-order valence-electron chi connectivity index (χ0n) is 20.2. The van der Waals surface area contributed by atoms with Crippen molar-refractivity contribution < 1.29 is 0 Å². The molecule has 0 fully saturated rings. The van der Waals surface area contributed by atoms with Crippen LogP contribution in [0.4, 0.5) is 0 Å². The molecule has 2 heteroatoms. The van der Waals surface area contributed by atoms with Gasteiger partial charge in [0.15, 0.2) is 0 Å². The third-order valence-electron chi connectivity index (χ3n) is 7.60. The van der Waals surface area contributed by atoms with Gasteiger partial charge in [0.25, 0.3) is 0 Å². The molecule has 0 spiro atoms. The average molecular weight is 453 g/mol. The van der Waals surface area contributed by atoms with Gasteiger partial charge in [0.05, 0.1) is 11.0 Å². The lowest BCUT2D eigenvalue weighted by Gasteiger charge is -2.05. The van der Waals surface area contributed by atoms with Crippen LogP contribution < -0.4 is 0 Å². The maximum atomic E-state index is 3.76. The summed E-state index contributed by atoms with van der Waals surface area (Å²) in [6.45, 7) is 4.39. The van der Waals surface area contributed by atoms with E-state index in [0.29, 0.717) is 0 Å². The monoisotopic (exact) mass is 452 g/mol. The van der Waals surface area contributed by atoms with Gasteiger partial charge in [-0.25, -0.2) is 0 Å². The van der Waals surface area contributed by atoms with E-state index >= 15 is 0 Å². The number of fused-ring (bicyclic) bond motifs is 9. The topological polar surface area (TPSA) is 31.6 Å². The molecule has 0 aliphatic carbocycles. The summed E-state index contributed by atoms with van der Waals surface area (Å²) < 4.78 is 0. The molecule has 35 heavy (non-hydrogen) atoms. The van der Waals surface area contributed by atoms with Crippen LogP contribution in [0.2, 0.25) is 0 Å². The Bertz CT molecular complexity index is 1880. The smallest absolute Gasteiger partial charge is 0.0545 e. The van der Waals surface area contributed by atoms with Gasteiger partial charge in [-0.3, -0.25) is 0 Å². The van der Waals surface area contributed by atoms with E-state index in [-0.39, 0.29) is 0 Å². The Kier molecular flexibility index (Phi) is 4.50. The van der Waals surface area contributed by atoms with Crippen molar-refractivity contribution >= 4 is 54.4 Å². The molecular formula is C33H28N2. The number of aryl methyl sites for hydroxylation is 2. The molecule has 170 valence electrons. The number of aromatic amines is 2. The number of H-pyrrole nitrogens is 2. The predicted molar refractivity (Wildman–Crippen MR) is 151 cm³/mol. The van der Waals surface area contributed by atoms with Crippen LogP contribution in [-0.2, 0) is 6.42 Å². The minimum atomic E-state index is 1.16. The highest BCUT2D eigenvalue weighted by molar-refractivity contribution is 6.24. The standard InChI is InChI=1S/C33H28N2/c1-3-4-5-21-7-9-22(10-8-21)23-11-13-25-27-15-17-28-29(33(27)35-31(25)19-23)16-14-26-24-12-6-20(2)18-30(24)34-32(26)28/h6-19,34-35H,3-5H2,1-2H3. The van der Waals surface area contributed by atoms with E-state index in [1.54, 1.807) is 0 Å². The molecule has 0 atom stereocenters. The molecule has 0 aliphatic heterocycles. The van der Waals surface area contributed by atoms with Crippen molar-refractivity contribution in [3.63, 3.8) is 0 Å². The lowest BCUT2D eigenvalue weighted by atomic mass is 10.00. The van der Waals surface area contributed by atoms with Crippen LogP contribution in [0.5, 0.6) is 0 Å². The van der Waals surface area contributed by atoms with Crippen molar-refractivity contribution in [2.45, 2.75) is 33.1 Å². The molecule has 7 rings (SSSR count). The van der Waals surface area contributed by atoms with Crippen LogP contribution in [0, 0.1) is 6.92 Å². The number of hydrogen-bond donors (Lipinski definition) is 2. The first kappa shape index (κ1) is 20.3. The van der Waals surface area contributed by atoms with Crippen molar-refractivity contribution in [3.8, 4) is 11.1 Å². The number of aromatic nitrogens is 2. The first-order valence-electron chi connectivity index (χ1n) is 12.7. The van der Waals surface area contributed by atoms with E-state index in [2.05, 4.69) is 109 Å². The Labute approximate surface area is 204 Å². The van der Waals surface area contributed by atoms with Crippen LogP contribution in [0.25, 0.3) is 65.5 Å². The Morgan fingerprint density at radius 3 is 1.69 bits per heavy atom. The van der Waals surface area contributed by atoms with Gasteiger partial charge in [0, 0.05) is 43.4 Å². The maximum absolute atomic E-state index is 3.76. The van der Waals surface area contributed by atoms with Gasteiger partial charge in [-0.2, -0.15) is 0 Å². The Hall–Kier alpha value is -4.04. The number of nitrogens with one attached hydrogen (secondary N) is 2. The van der Waals surface area contributed by atoms with Gasteiger partial charge in [0.1, 0.15) is 0 Å². The fourth-order valence-electron chi connectivity index (χ4n) is 5.70. The van der Waals surface area contributed by atoms with E-state index in [1.165, 1.54) is 89.5 Å². The van der Waals surface area contributed by atoms with Crippen molar-refractivity contribution in [1.82, 2.24) is 9.97 Å². The second kappa shape index (κ2) is 7.74. The second-order valence-corrected chi connectivity index (χ2v) is 9.93. The zero-order valence-corrected chi connectivity index (χ0v) is 20.2. The SMILES string of the molecule is CCCCc1ccc(-c2ccc3c(c2)[nH]c2c3ccc3c2ccc2c4ccc(C)cc4[nH]c23)cc1. The highest BCUT2D eigenvalue weighted by atomic mass is 14.7. The van der Waals surface area contributed by atoms with Gasteiger partial charge in [0.2, 0.25) is 0 Å². The molecular weight excluding hydrogens is 424 g/mol. The second-order valence-electron chi connectivity index (χ2n) is 9.93. The first-order valence-corrected chi connectivity index (χ1v) is 12.7. The normalized spacial score (nSPS) is 12.1. The molecule has 7 aromatic rings. The third kappa shape index (κ3) is 3.17. The minimum Gasteiger partial charge on any atom is -0.354 e. The fraction of sp³-hybridized carbons (Fsp3) is 0.152. The van der Waals surface area contributed by atoms with Crippen molar-refractivity contribution in [2.75, 3.05) is 0 Å². The first-order chi connectivity index (χ1) is 17.2. The lowest BCUT2D eigenvalue weighted by molar-refractivity contribution is 0.795. The summed E-state index contributed by atoms with van der Waals surface area (Å²) in [7, 11) is 0. The van der Waals surface area contributed by atoms with Crippen molar-refractivity contribution in [2.24, 2.45) is 0 Å². The van der Waals surface area contributed by atoms with Crippen LogP contribution in [-0.4, -0.2) is 9.97 Å². The van der Waals surface area contributed by atoms with Crippen molar-refractivity contribution in [1.29, 1.82) is 0 Å². The molecule has 0 radical (unpaired) electrons. The molecule has 0 aliphatic rings. The van der Waals surface area contributed by atoms with Gasteiger partial charge in [-0.15, -0.1) is 0 Å². The highest BCUT2D eigenvalue weighted by Crippen LogP contribution is 2.37. The molecule has 0 unspecified atom stereocenters. The summed E-state index contributed by atoms with van der Waals surface area (Å²) in [4.78, 5) is 7.46. The molecule has 5 aromatic carbocycles. The molecule has 0 bridgehead atoms. The number of hydrogen-bond acceptors (Lipinski definition) is 0. The number of unbranched alkanes of at least 4 members (excludes halogenated alkanes) is 1. The van der Waals surface area contributed by atoms with E-state index in [0.717, 1.165) is 6.42 Å². The number of benzene rings is 5. The lowest BCUT2D eigenvalue weighted by Crippen LogP contribution is -1.85. The largest absolute Gasteiger partial charge is 0.354 e. The summed E-state index contributed by atoms with van der Waals surface area (Å²) in [5.74, 6) is 0. The number of rotatable bonds is 4. The molecule has 0 saturated carbocycles. The molecule has 2 nitrogen and oxygen atoms in total. The molecule has 2 heterocycles. The summed E-state index contributed by atoms with van der Waals surface area (Å²) in [5.41, 5.74) is 10.0. The van der Waals surface area contributed by atoms with E-state index in [9.17, 15) is 0 Å². The summed E-state index contributed by atoms with van der Waals surface area (Å²) >= 11 is 0. The van der Waals surface area contributed by atoms with E-state index < -0.39 is 0 Å². The van der Waals surface area contributed by atoms with Crippen molar-refractivity contribution in [3.05, 3.63) is 96.1 Å². The van der Waals surface area contributed by atoms with E-state index in [1.807, 2.05) is 0 Å². The Morgan fingerprint density at radius 1 is 0.543 bits per heavy atom. The molecule has 2 N–H and O–H groups in total.